The lowest BCUT2D eigenvalue weighted by Crippen LogP contribution is -2.11. The Morgan fingerprint density at radius 2 is 1.28 bits per heavy atom. The van der Waals surface area contributed by atoms with E-state index < -0.39 is 7.14 Å². The van der Waals surface area contributed by atoms with Crippen LogP contribution in [0, 0.1) is 0 Å². The highest BCUT2D eigenvalue weighted by molar-refractivity contribution is 7.71. The largest absolute Gasteiger partial charge is 0.318 e. The molecule has 0 N–H and O–H groups in total. The lowest BCUT2D eigenvalue weighted by atomic mass is 10.2. The Balaban J connectivity index is 1.77. The van der Waals surface area contributed by atoms with Crippen LogP contribution in [0.1, 0.15) is 11.1 Å². The fourth-order valence-corrected chi connectivity index (χ4v) is 5.34. The molecule has 0 aliphatic carbocycles. The zero-order chi connectivity index (χ0) is 17.4. The first-order chi connectivity index (χ1) is 12.3. The van der Waals surface area contributed by atoms with Gasteiger partial charge in [-0.2, -0.15) is 0 Å². The molecule has 0 fully saturated rings. The standard InChI is InChI=1S/C23H23OP/c24-25(23-16-8-3-9-17-23,20-18-22-13-6-2-7-14-22)19-10-15-21-11-4-1-5-12-21/h1-17H,18-20H2/b15-10+/t25-/m0/s1. The van der Waals surface area contributed by atoms with Gasteiger partial charge in [0.05, 0.1) is 0 Å². The van der Waals surface area contributed by atoms with Crippen molar-refractivity contribution in [2.24, 2.45) is 0 Å². The van der Waals surface area contributed by atoms with E-state index in [4.69, 9.17) is 0 Å². The van der Waals surface area contributed by atoms with Crippen molar-refractivity contribution in [2.45, 2.75) is 6.42 Å². The van der Waals surface area contributed by atoms with Crippen molar-refractivity contribution in [3.05, 3.63) is 108 Å². The monoisotopic (exact) mass is 346 g/mol. The van der Waals surface area contributed by atoms with Crippen molar-refractivity contribution >= 4 is 18.5 Å². The molecule has 3 aromatic rings. The predicted molar refractivity (Wildman–Crippen MR) is 109 cm³/mol. The van der Waals surface area contributed by atoms with Gasteiger partial charge in [-0.05, 0) is 17.5 Å². The van der Waals surface area contributed by atoms with Gasteiger partial charge in [-0.1, -0.05) is 103 Å². The van der Waals surface area contributed by atoms with Gasteiger partial charge in [0.25, 0.3) is 0 Å². The van der Waals surface area contributed by atoms with Crippen molar-refractivity contribution in [3.8, 4) is 0 Å². The second-order valence-corrected chi connectivity index (χ2v) is 9.29. The molecule has 1 atom stereocenters. The maximum absolute atomic E-state index is 13.7. The van der Waals surface area contributed by atoms with Crippen LogP contribution in [0.15, 0.2) is 97.1 Å². The number of benzene rings is 3. The van der Waals surface area contributed by atoms with Crippen LogP contribution >= 0.6 is 7.14 Å². The summed E-state index contributed by atoms with van der Waals surface area (Å²) >= 11 is 0. The summed E-state index contributed by atoms with van der Waals surface area (Å²) in [6, 6.07) is 30.4. The molecule has 126 valence electrons. The lowest BCUT2D eigenvalue weighted by Gasteiger charge is -2.17. The third-order valence-corrected chi connectivity index (χ3v) is 7.33. The molecule has 0 saturated carbocycles. The molecule has 0 aliphatic rings. The molecule has 0 bridgehead atoms. The van der Waals surface area contributed by atoms with E-state index >= 15 is 0 Å². The first-order valence-corrected chi connectivity index (χ1v) is 10.7. The Morgan fingerprint density at radius 3 is 1.92 bits per heavy atom. The highest BCUT2D eigenvalue weighted by Crippen LogP contribution is 2.45. The quantitative estimate of drug-likeness (QED) is 0.507. The van der Waals surface area contributed by atoms with Crippen molar-refractivity contribution in [2.75, 3.05) is 12.3 Å². The van der Waals surface area contributed by atoms with E-state index in [9.17, 15) is 4.57 Å². The van der Waals surface area contributed by atoms with Crippen LogP contribution in [-0.2, 0) is 11.0 Å². The highest BCUT2D eigenvalue weighted by Gasteiger charge is 2.22. The van der Waals surface area contributed by atoms with Gasteiger partial charge < -0.3 is 4.57 Å². The number of hydrogen-bond acceptors (Lipinski definition) is 1. The Morgan fingerprint density at radius 1 is 0.720 bits per heavy atom. The normalized spacial score (nSPS) is 13.6. The summed E-state index contributed by atoms with van der Waals surface area (Å²) in [6.45, 7) is 0. The summed E-state index contributed by atoms with van der Waals surface area (Å²) in [5.41, 5.74) is 2.39. The van der Waals surface area contributed by atoms with Crippen LogP contribution in [0.2, 0.25) is 0 Å². The maximum atomic E-state index is 13.7. The van der Waals surface area contributed by atoms with E-state index in [0.29, 0.717) is 12.3 Å². The van der Waals surface area contributed by atoms with E-state index in [1.165, 1.54) is 5.56 Å². The van der Waals surface area contributed by atoms with E-state index in [-0.39, 0.29) is 0 Å². The average molecular weight is 346 g/mol. The molecule has 0 aromatic heterocycles. The van der Waals surface area contributed by atoms with Gasteiger partial charge in [0.2, 0.25) is 0 Å². The van der Waals surface area contributed by atoms with Crippen molar-refractivity contribution < 1.29 is 4.57 Å². The van der Waals surface area contributed by atoms with Crippen LogP contribution in [0.25, 0.3) is 6.08 Å². The summed E-state index contributed by atoms with van der Waals surface area (Å²) in [7, 11) is -2.46. The van der Waals surface area contributed by atoms with Gasteiger partial charge in [-0.3, -0.25) is 0 Å². The third kappa shape index (κ3) is 5.05. The molecule has 25 heavy (non-hydrogen) atoms. The third-order valence-electron chi connectivity index (χ3n) is 4.34. The maximum Gasteiger partial charge on any atom is 0.119 e. The summed E-state index contributed by atoms with van der Waals surface area (Å²) in [4.78, 5) is 0. The summed E-state index contributed by atoms with van der Waals surface area (Å²) in [6.07, 6.45) is 6.26. The highest BCUT2D eigenvalue weighted by atomic mass is 31.2. The molecule has 0 heterocycles. The van der Waals surface area contributed by atoms with Crippen LogP contribution in [0.3, 0.4) is 0 Å². The van der Waals surface area contributed by atoms with Crippen LogP contribution < -0.4 is 5.30 Å². The minimum atomic E-state index is -2.46. The minimum absolute atomic E-state index is 0.596. The molecular formula is C23H23OP. The van der Waals surface area contributed by atoms with Crippen molar-refractivity contribution in [1.29, 1.82) is 0 Å². The Labute approximate surface area is 150 Å². The van der Waals surface area contributed by atoms with Gasteiger partial charge >= 0.3 is 0 Å². The van der Waals surface area contributed by atoms with Crippen LogP contribution in [0.4, 0.5) is 0 Å². The second-order valence-electron chi connectivity index (χ2n) is 6.18. The first kappa shape index (κ1) is 17.5. The van der Waals surface area contributed by atoms with Gasteiger partial charge in [0.1, 0.15) is 7.14 Å². The SMILES string of the molecule is O=[P@@](C/C=C/c1ccccc1)(CCc1ccccc1)c1ccccc1. The van der Waals surface area contributed by atoms with Gasteiger partial charge in [0.15, 0.2) is 0 Å². The summed E-state index contributed by atoms with van der Waals surface area (Å²) in [5.74, 6) is 0. The molecule has 0 amide bonds. The van der Waals surface area contributed by atoms with Crippen LogP contribution in [0.5, 0.6) is 0 Å². The van der Waals surface area contributed by atoms with Crippen molar-refractivity contribution in [3.63, 3.8) is 0 Å². The molecule has 3 aromatic carbocycles. The van der Waals surface area contributed by atoms with E-state index in [2.05, 4.69) is 36.4 Å². The van der Waals surface area contributed by atoms with Gasteiger partial charge in [-0.15, -0.1) is 0 Å². The average Bonchev–Trinajstić information content (AvgIpc) is 2.69. The zero-order valence-electron chi connectivity index (χ0n) is 14.3. The molecule has 0 aliphatic heterocycles. The molecular weight excluding hydrogens is 323 g/mol. The minimum Gasteiger partial charge on any atom is -0.318 e. The molecule has 0 spiro atoms. The Kier molecular flexibility index (Phi) is 6.04. The second kappa shape index (κ2) is 8.65. The number of aryl methyl sites for hydroxylation is 1. The Bertz CT molecular complexity index is 839. The Hall–Kier alpha value is -2.37. The zero-order valence-corrected chi connectivity index (χ0v) is 15.2. The molecule has 3 rings (SSSR count). The number of rotatable bonds is 7. The molecule has 2 heteroatoms. The predicted octanol–water partition coefficient (Wildman–Crippen LogP) is 5.63. The molecule has 0 saturated heterocycles. The molecule has 1 nitrogen and oxygen atoms in total. The lowest BCUT2D eigenvalue weighted by molar-refractivity contribution is 0.582. The summed E-state index contributed by atoms with van der Waals surface area (Å²) in [5, 5.41) is 0.976. The van der Waals surface area contributed by atoms with Crippen LogP contribution in [-0.4, -0.2) is 12.3 Å². The fourth-order valence-electron chi connectivity index (χ4n) is 2.90. The number of hydrogen-bond donors (Lipinski definition) is 0. The molecule has 0 radical (unpaired) electrons. The topological polar surface area (TPSA) is 17.1 Å². The smallest absolute Gasteiger partial charge is 0.119 e. The first-order valence-electron chi connectivity index (χ1n) is 8.65. The van der Waals surface area contributed by atoms with Crippen molar-refractivity contribution in [1.82, 2.24) is 0 Å². The molecule has 0 unspecified atom stereocenters. The van der Waals surface area contributed by atoms with E-state index in [1.807, 2.05) is 66.7 Å². The fraction of sp³-hybridized carbons (Fsp3) is 0.130. The van der Waals surface area contributed by atoms with Gasteiger partial charge in [0, 0.05) is 17.6 Å². The van der Waals surface area contributed by atoms with E-state index in [0.717, 1.165) is 17.3 Å². The summed E-state index contributed by atoms with van der Waals surface area (Å²) < 4.78 is 13.7. The number of allylic oxidation sites excluding steroid dienone is 1. The van der Waals surface area contributed by atoms with E-state index in [1.54, 1.807) is 0 Å². The van der Waals surface area contributed by atoms with Gasteiger partial charge in [-0.25, -0.2) is 0 Å².